The lowest BCUT2D eigenvalue weighted by Crippen LogP contribution is -2.50. The van der Waals surface area contributed by atoms with Crippen molar-refractivity contribution < 1.29 is 37.0 Å². The molecule has 35 heavy (non-hydrogen) atoms. The number of hydrogen-bond donors (Lipinski definition) is 2. The fraction of sp³-hybridized carbons (Fsp3) is 0.636. The molecule has 0 aromatic carbocycles. The predicted molar refractivity (Wildman–Crippen MR) is 121 cm³/mol. The molecule has 13 heteroatoms. The Morgan fingerprint density at radius 1 is 1.09 bits per heavy atom. The number of aromatic nitrogens is 1. The molecule has 1 aliphatic heterocycles. The molecule has 0 bridgehead atoms. The molecule has 196 valence electrons. The van der Waals surface area contributed by atoms with Crippen LogP contribution in [0.4, 0.5) is 28.4 Å². The second kappa shape index (κ2) is 9.42. The molecule has 1 aromatic rings. The highest BCUT2D eigenvalue weighted by Gasteiger charge is 2.51. The van der Waals surface area contributed by atoms with E-state index in [1.54, 1.807) is 41.5 Å². The van der Waals surface area contributed by atoms with Gasteiger partial charge in [-0.3, -0.25) is 10.1 Å². The van der Waals surface area contributed by atoms with Crippen molar-refractivity contribution in [3.8, 4) is 0 Å². The molecule has 0 aliphatic carbocycles. The van der Waals surface area contributed by atoms with Gasteiger partial charge in [0.2, 0.25) is 0 Å². The van der Waals surface area contributed by atoms with E-state index in [2.05, 4.69) is 15.6 Å². The number of aryl methyl sites for hydroxylation is 1. The average molecular weight is 505 g/mol. The Morgan fingerprint density at radius 3 is 2.09 bits per heavy atom. The van der Waals surface area contributed by atoms with Gasteiger partial charge in [0.1, 0.15) is 11.2 Å². The Morgan fingerprint density at radius 2 is 1.60 bits per heavy atom. The first kappa shape index (κ1) is 28.0. The van der Waals surface area contributed by atoms with Crippen LogP contribution < -0.4 is 16.2 Å². The van der Waals surface area contributed by atoms with Crippen molar-refractivity contribution in [2.24, 2.45) is 12.0 Å². The molecular formula is C22H31F3N4O6. The van der Waals surface area contributed by atoms with E-state index in [1.807, 2.05) is 0 Å². The maximum Gasteiger partial charge on any atom is 0.425 e. The van der Waals surface area contributed by atoms with Crippen LogP contribution in [0.15, 0.2) is 22.1 Å². The van der Waals surface area contributed by atoms with Gasteiger partial charge in [-0.15, -0.1) is 0 Å². The molecule has 1 aliphatic rings. The Bertz CT molecular complexity index is 1070. The normalized spacial score (nSPS) is 20.9. The number of nitrogens with one attached hydrogen (secondary N) is 2. The molecule has 2 atom stereocenters. The minimum Gasteiger partial charge on any atom is -0.452 e. The highest BCUT2D eigenvalue weighted by Crippen LogP contribution is 2.39. The van der Waals surface area contributed by atoms with E-state index >= 15 is 0 Å². The number of halogens is 3. The van der Waals surface area contributed by atoms with Gasteiger partial charge < -0.3 is 18.8 Å². The minimum absolute atomic E-state index is 0.101. The lowest BCUT2D eigenvalue weighted by molar-refractivity contribution is -0.208. The molecule has 1 aromatic heterocycles. The largest absolute Gasteiger partial charge is 0.452 e. The molecule has 0 unspecified atom stereocenters. The van der Waals surface area contributed by atoms with E-state index in [9.17, 15) is 27.6 Å². The first-order valence-corrected chi connectivity index (χ1v) is 10.7. The molecule has 0 saturated heterocycles. The number of alkyl carbamates (subject to hydrolysis) is 1. The van der Waals surface area contributed by atoms with Crippen LogP contribution in [0.3, 0.4) is 0 Å². The van der Waals surface area contributed by atoms with Gasteiger partial charge in [-0.05, 0) is 54.5 Å². The lowest BCUT2D eigenvalue weighted by Gasteiger charge is -2.36. The van der Waals surface area contributed by atoms with Gasteiger partial charge in [-0.1, -0.05) is 0 Å². The van der Waals surface area contributed by atoms with E-state index in [0.717, 1.165) is 4.57 Å². The second-order valence-corrected chi connectivity index (χ2v) is 10.4. The van der Waals surface area contributed by atoms with E-state index in [4.69, 9.17) is 14.2 Å². The number of pyridine rings is 1. The first-order chi connectivity index (χ1) is 15.7. The van der Waals surface area contributed by atoms with E-state index in [0.29, 0.717) is 0 Å². The minimum atomic E-state index is -4.82. The van der Waals surface area contributed by atoms with Crippen LogP contribution >= 0.6 is 0 Å². The van der Waals surface area contributed by atoms with Gasteiger partial charge in [0.25, 0.3) is 11.6 Å². The zero-order chi connectivity index (χ0) is 27.0. The number of amidine groups is 1. The molecule has 0 saturated carbocycles. The predicted octanol–water partition coefficient (Wildman–Crippen LogP) is 4.18. The molecular weight excluding hydrogens is 473 g/mol. The molecule has 2 rings (SSSR count). The van der Waals surface area contributed by atoms with Crippen molar-refractivity contribution in [2.75, 3.05) is 5.32 Å². The Labute approximate surface area is 200 Å². The van der Waals surface area contributed by atoms with Crippen molar-refractivity contribution in [3.63, 3.8) is 0 Å². The number of nitrogens with zero attached hydrogens (tertiary/aromatic N) is 2. The number of anilines is 1. The number of hydrogen-bond acceptors (Lipinski definition) is 7. The Kier molecular flexibility index (Phi) is 7.53. The maximum absolute atomic E-state index is 13.7. The zero-order valence-corrected chi connectivity index (χ0v) is 20.9. The molecule has 0 radical (unpaired) electrons. The van der Waals surface area contributed by atoms with Crippen LogP contribution in [-0.4, -0.2) is 46.3 Å². The fourth-order valence-corrected chi connectivity index (χ4v) is 3.22. The molecule has 10 nitrogen and oxygen atoms in total. The van der Waals surface area contributed by atoms with Gasteiger partial charge in [0, 0.05) is 25.2 Å². The Hall–Kier alpha value is -3.25. The number of ether oxygens (including phenoxy) is 3. The van der Waals surface area contributed by atoms with Crippen LogP contribution in [0, 0.1) is 0 Å². The zero-order valence-electron chi connectivity index (χ0n) is 20.9. The standard InChI is InChI=1S/C22H31F3N4O6/c1-19(2,3)34-17(31)26-12-9-13(15(30)29(8)11-12)21(7)10-14(22(23,24)25)33-16(28-21)27-18(32)35-20(4,5)6/h9,11,14H,10H2,1-8H3,(H,26,31)(H,27,28,32)/t14-,21-/m0/s1. The summed E-state index contributed by atoms with van der Waals surface area (Å²) in [4.78, 5) is 41.4. The first-order valence-electron chi connectivity index (χ1n) is 10.7. The van der Waals surface area contributed by atoms with Crippen molar-refractivity contribution >= 4 is 23.9 Å². The van der Waals surface area contributed by atoms with Gasteiger partial charge in [0.05, 0.1) is 11.2 Å². The van der Waals surface area contributed by atoms with E-state index < -0.39 is 59.2 Å². The second-order valence-electron chi connectivity index (χ2n) is 10.4. The summed E-state index contributed by atoms with van der Waals surface area (Å²) >= 11 is 0. The summed E-state index contributed by atoms with van der Waals surface area (Å²) in [6.07, 6.45) is -8.54. The molecule has 2 N–H and O–H groups in total. The van der Waals surface area contributed by atoms with Crippen molar-refractivity contribution in [1.29, 1.82) is 0 Å². The van der Waals surface area contributed by atoms with Crippen LogP contribution in [0.1, 0.15) is 60.5 Å². The number of aliphatic imine (C=N–C) groups is 1. The van der Waals surface area contributed by atoms with Gasteiger partial charge in [0.15, 0.2) is 6.10 Å². The third-order valence-electron chi connectivity index (χ3n) is 4.57. The molecule has 2 amide bonds. The average Bonchev–Trinajstić information content (AvgIpc) is 2.59. The smallest absolute Gasteiger partial charge is 0.425 e. The summed E-state index contributed by atoms with van der Waals surface area (Å²) < 4.78 is 57.3. The summed E-state index contributed by atoms with van der Waals surface area (Å²) in [5.74, 6) is 0. The van der Waals surface area contributed by atoms with Crippen LogP contribution in [0.25, 0.3) is 0 Å². The van der Waals surface area contributed by atoms with E-state index in [-0.39, 0.29) is 11.3 Å². The van der Waals surface area contributed by atoms with Gasteiger partial charge in [-0.2, -0.15) is 13.2 Å². The maximum atomic E-state index is 13.7. The molecule has 0 spiro atoms. The van der Waals surface area contributed by atoms with E-state index in [1.165, 1.54) is 26.2 Å². The van der Waals surface area contributed by atoms with Crippen molar-refractivity contribution in [3.05, 3.63) is 28.2 Å². The van der Waals surface area contributed by atoms with Crippen LogP contribution in [0.5, 0.6) is 0 Å². The van der Waals surface area contributed by atoms with Crippen molar-refractivity contribution in [2.45, 2.75) is 83.9 Å². The Balaban J connectivity index is 2.51. The van der Waals surface area contributed by atoms with Crippen LogP contribution in [-0.2, 0) is 26.8 Å². The van der Waals surface area contributed by atoms with Crippen LogP contribution in [0.2, 0.25) is 0 Å². The number of rotatable bonds is 2. The van der Waals surface area contributed by atoms with Gasteiger partial charge >= 0.3 is 18.4 Å². The number of carbonyl (C=O) groups is 2. The summed E-state index contributed by atoms with van der Waals surface area (Å²) in [5, 5.41) is 4.54. The fourth-order valence-electron chi connectivity index (χ4n) is 3.22. The third kappa shape index (κ3) is 7.89. The summed E-state index contributed by atoms with van der Waals surface area (Å²) in [6, 6.07) is 0.474. The summed E-state index contributed by atoms with van der Waals surface area (Å²) in [5.41, 5.74) is -4.20. The topological polar surface area (TPSA) is 120 Å². The van der Waals surface area contributed by atoms with Gasteiger partial charge in [-0.25, -0.2) is 19.9 Å². The summed E-state index contributed by atoms with van der Waals surface area (Å²) in [7, 11) is 1.37. The lowest BCUT2D eigenvalue weighted by atomic mass is 9.86. The quantitative estimate of drug-likeness (QED) is 0.624. The highest BCUT2D eigenvalue weighted by molar-refractivity contribution is 5.91. The number of carbonyl (C=O) groups excluding carboxylic acids is 2. The third-order valence-corrected chi connectivity index (χ3v) is 4.57. The summed E-state index contributed by atoms with van der Waals surface area (Å²) in [6.45, 7) is 11.0. The monoisotopic (exact) mass is 504 g/mol. The molecule has 0 fully saturated rings. The number of amides is 2. The SMILES string of the molecule is Cn1cc(NC(=O)OC(C)(C)C)cc([C@]2(C)C[C@@H](C(F)(F)F)OC(NC(=O)OC(C)(C)C)=N2)c1=O. The highest BCUT2D eigenvalue weighted by atomic mass is 19.4. The molecule has 2 heterocycles. The van der Waals surface area contributed by atoms with Crippen molar-refractivity contribution in [1.82, 2.24) is 9.88 Å². The number of alkyl halides is 3.